The summed E-state index contributed by atoms with van der Waals surface area (Å²) in [6.07, 6.45) is 5.43. The quantitative estimate of drug-likeness (QED) is 0.270. The van der Waals surface area contributed by atoms with Gasteiger partial charge in [-0.15, -0.1) is 0 Å². The normalized spacial score (nSPS) is 15.3. The molecule has 0 aliphatic heterocycles. The summed E-state index contributed by atoms with van der Waals surface area (Å²) < 4.78 is 42.9. The number of nitrogens with zero attached hydrogens (tertiary/aromatic N) is 1. The molecule has 1 aliphatic rings. The highest BCUT2D eigenvalue weighted by Gasteiger charge is 2.23. The molecular weight excluding hydrogens is 472 g/mol. The highest BCUT2D eigenvalue weighted by Crippen LogP contribution is 2.22. The number of ether oxygens (including phenoxy) is 3. The van der Waals surface area contributed by atoms with Crippen LogP contribution in [0.2, 0.25) is 0 Å². The van der Waals surface area contributed by atoms with Gasteiger partial charge in [-0.25, -0.2) is 18.4 Å². The average Bonchev–Trinajstić information content (AvgIpc) is 2.83. The molecule has 1 aliphatic carbocycles. The van der Waals surface area contributed by atoms with Gasteiger partial charge < -0.3 is 24.2 Å². The van der Waals surface area contributed by atoms with E-state index < -0.39 is 18.0 Å². The van der Waals surface area contributed by atoms with Gasteiger partial charge in [-0.05, 0) is 70.1 Å². The van der Waals surface area contributed by atoms with E-state index in [4.69, 9.17) is 14.2 Å². The molecule has 1 aromatic rings. The second-order valence-electron chi connectivity index (χ2n) is 9.49. The third-order valence-electron chi connectivity index (χ3n) is 6.24. The summed E-state index contributed by atoms with van der Waals surface area (Å²) >= 11 is 0. The number of hydrogen-bond donors (Lipinski definition) is 1. The van der Waals surface area contributed by atoms with Crippen molar-refractivity contribution in [1.82, 2.24) is 4.90 Å². The molecular formula is C27H41F2NO6. The molecule has 1 amide bonds. The number of unbranched alkanes of at least 4 members (excludes halogenated alkanes) is 2. The van der Waals surface area contributed by atoms with Gasteiger partial charge in [-0.1, -0.05) is 25.0 Å². The first-order valence-corrected chi connectivity index (χ1v) is 13.1. The molecule has 1 N–H and O–H groups in total. The van der Waals surface area contributed by atoms with Crippen LogP contribution in [0.25, 0.3) is 0 Å². The molecule has 0 bridgehead atoms. The van der Waals surface area contributed by atoms with Crippen LogP contribution in [0.4, 0.5) is 13.6 Å². The van der Waals surface area contributed by atoms with E-state index in [2.05, 4.69) is 0 Å². The SMILES string of the molecule is CCOC(Cc1ccc(OCCN(CCCCCC(C)(F)F)C(=O)OC2CCCCC2)cc1)C(=O)O. The van der Waals surface area contributed by atoms with E-state index in [0.717, 1.165) is 44.6 Å². The number of rotatable bonds is 16. The predicted octanol–water partition coefficient (Wildman–Crippen LogP) is 6.08. The molecule has 36 heavy (non-hydrogen) atoms. The third-order valence-corrected chi connectivity index (χ3v) is 6.24. The van der Waals surface area contributed by atoms with Gasteiger partial charge in [0.1, 0.15) is 18.5 Å². The molecule has 0 saturated heterocycles. The van der Waals surface area contributed by atoms with Crippen molar-refractivity contribution in [1.29, 1.82) is 0 Å². The van der Waals surface area contributed by atoms with Crippen LogP contribution in [0, 0.1) is 0 Å². The van der Waals surface area contributed by atoms with E-state index in [1.165, 1.54) is 0 Å². The number of carbonyl (C=O) groups excluding carboxylic acids is 1. The van der Waals surface area contributed by atoms with Crippen molar-refractivity contribution >= 4 is 12.1 Å². The van der Waals surface area contributed by atoms with Crippen molar-refractivity contribution < 1.29 is 37.7 Å². The van der Waals surface area contributed by atoms with E-state index in [1.54, 1.807) is 36.1 Å². The molecule has 7 nitrogen and oxygen atoms in total. The molecule has 1 fully saturated rings. The van der Waals surface area contributed by atoms with Gasteiger partial charge in [0.25, 0.3) is 0 Å². The molecule has 2 rings (SSSR count). The van der Waals surface area contributed by atoms with E-state index in [0.29, 0.717) is 44.7 Å². The van der Waals surface area contributed by atoms with E-state index in [-0.39, 0.29) is 31.6 Å². The number of aliphatic carboxylic acids is 1. The Kier molecular flexibility index (Phi) is 12.9. The Labute approximate surface area is 213 Å². The average molecular weight is 514 g/mol. The molecule has 1 atom stereocenters. The number of hydrogen-bond acceptors (Lipinski definition) is 5. The van der Waals surface area contributed by atoms with Crippen LogP contribution in [-0.2, 0) is 20.7 Å². The fraction of sp³-hybridized carbons (Fsp3) is 0.704. The molecule has 0 aromatic heterocycles. The number of benzene rings is 1. The summed E-state index contributed by atoms with van der Waals surface area (Å²) in [6, 6.07) is 7.11. The summed E-state index contributed by atoms with van der Waals surface area (Å²) in [4.78, 5) is 25.7. The number of alkyl halides is 2. The summed E-state index contributed by atoms with van der Waals surface area (Å²) in [5.74, 6) is -3.06. The van der Waals surface area contributed by atoms with Crippen LogP contribution in [-0.4, -0.2) is 66.5 Å². The van der Waals surface area contributed by atoms with Gasteiger partial charge >= 0.3 is 12.1 Å². The Morgan fingerprint density at radius 2 is 1.78 bits per heavy atom. The smallest absolute Gasteiger partial charge is 0.410 e. The Morgan fingerprint density at radius 1 is 1.08 bits per heavy atom. The lowest BCUT2D eigenvalue weighted by molar-refractivity contribution is -0.149. The van der Waals surface area contributed by atoms with Crippen molar-refractivity contribution in [3.05, 3.63) is 29.8 Å². The minimum absolute atomic E-state index is 0.0627. The van der Waals surface area contributed by atoms with Gasteiger partial charge in [-0.2, -0.15) is 0 Å². The number of carboxylic acids is 1. The lowest BCUT2D eigenvalue weighted by Crippen LogP contribution is -2.38. The zero-order valence-corrected chi connectivity index (χ0v) is 21.6. The van der Waals surface area contributed by atoms with Crippen molar-refractivity contribution in [2.75, 3.05) is 26.3 Å². The van der Waals surface area contributed by atoms with Gasteiger partial charge in [-0.3, -0.25) is 0 Å². The Balaban J connectivity index is 1.84. The van der Waals surface area contributed by atoms with Crippen LogP contribution >= 0.6 is 0 Å². The van der Waals surface area contributed by atoms with Gasteiger partial charge in [0, 0.05) is 26.0 Å². The second kappa shape index (κ2) is 15.6. The lowest BCUT2D eigenvalue weighted by atomic mass is 9.98. The number of carbonyl (C=O) groups is 2. The predicted molar refractivity (Wildman–Crippen MR) is 133 cm³/mol. The molecule has 9 heteroatoms. The largest absolute Gasteiger partial charge is 0.492 e. The maximum atomic E-state index is 13.0. The van der Waals surface area contributed by atoms with E-state index in [9.17, 15) is 23.5 Å². The first-order chi connectivity index (χ1) is 17.2. The topological polar surface area (TPSA) is 85.3 Å². The van der Waals surface area contributed by atoms with Gasteiger partial charge in [0.15, 0.2) is 6.10 Å². The molecule has 0 radical (unpaired) electrons. The van der Waals surface area contributed by atoms with Gasteiger partial charge in [0.05, 0.1) is 6.54 Å². The standard InChI is InChI=1S/C27H41F2NO6/c1-3-34-24(25(31)32)20-21-12-14-22(15-13-21)35-19-18-30(17-9-5-8-16-27(2,28)29)26(33)36-23-10-6-4-7-11-23/h12-15,23-24H,3-11,16-20H2,1-2H3,(H,31,32). The van der Waals surface area contributed by atoms with E-state index >= 15 is 0 Å². The Bertz CT molecular complexity index is 777. The first kappa shape index (κ1) is 29.8. The van der Waals surface area contributed by atoms with Crippen LogP contribution in [0.15, 0.2) is 24.3 Å². The maximum Gasteiger partial charge on any atom is 0.410 e. The minimum atomic E-state index is -2.67. The van der Waals surface area contributed by atoms with Crippen molar-refractivity contribution in [3.8, 4) is 5.75 Å². The fourth-order valence-electron chi connectivity index (χ4n) is 4.24. The molecule has 204 valence electrons. The van der Waals surface area contributed by atoms with Gasteiger partial charge in [0.2, 0.25) is 5.92 Å². The van der Waals surface area contributed by atoms with Crippen LogP contribution < -0.4 is 4.74 Å². The minimum Gasteiger partial charge on any atom is -0.492 e. The number of halogens is 2. The third kappa shape index (κ3) is 12.0. The fourth-order valence-corrected chi connectivity index (χ4v) is 4.24. The highest BCUT2D eigenvalue weighted by molar-refractivity contribution is 5.72. The summed E-state index contributed by atoms with van der Waals surface area (Å²) in [5.41, 5.74) is 0.818. The van der Waals surface area contributed by atoms with Crippen LogP contribution in [0.3, 0.4) is 0 Å². The van der Waals surface area contributed by atoms with Crippen molar-refractivity contribution in [2.45, 2.75) is 96.2 Å². The second-order valence-corrected chi connectivity index (χ2v) is 9.49. The number of amides is 1. The van der Waals surface area contributed by atoms with Crippen molar-refractivity contribution in [3.63, 3.8) is 0 Å². The zero-order valence-electron chi connectivity index (χ0n) is 21.6. The zero-order chi connectivity index (χ0) is 26.4. The highest BCUT2D eigenvalue weighted by atomic mass is 19.3. The number of carboxylic acid groups (broad SMARTS) is 1. The summed E-state index contributed by atoms with van der Waals surface area (Å²) in [6.45, 7) is 4.00. The molecule has 1 aromatic carbocycles. The molecule has 1 saturated carbocycles. The monoisotopic (exact) mass is 513 g/mol. The van der Waals surface area contributed by atoms with Crippen molar-refractivity contribution in [2.24, 2.45) is 0 Å². The molecule has 0 spiro atoms. The summed E-state index contributed by atoms with van der Waals surface area (Å²) in [5, 5.41) is 9.24. The Morgan fingerprint density at radius 3 is 2.39 bits per heavy atom. The van der Waals surface area contributed by atoms with E-state index in [1.807, 2.05) is 0 Å². The summed E-state index contributed by atoms with van der Waals surface area (Å²) in [7, 11) is 0. The van der Waals surface area contributed by atoms with Crippen LogP contribution in [0.5, 0.6) is 5.75 Å². The Hall–Kier alpha value is -2.42. The lowest BCUT2D eigenvalue weighted by Gasteiger charge is -2.27. The molecule has 1 unspecified atom stereocenters. The maximum absolute atomic E-state index is 13.0. The molecule has 0 heterocycles. The first-order valence-electron chi connectivity index (χ1n) is 13.1. The van der Waals surface area contributed by atoms with Crippen LogP contribution in [0.1, 0.15) is 77.2 Å².